The van der Waals surface area contributed by atoms with Gasteiger partial charge in [-0.25, -0.2) is 0 Å². The molecule has 0 fully saturated rings. The lowest BCUT2D eigenvalue weighted by molar-refractivity contribution is 0.195. The Morgan fingerprint density at radius 1 is 1.67 bits per heavy atom. The molecule has 0 aromatic carbocycles. The number of aromatic nitrogens is 1. The smallest absolute Gasteiger partial charge is 0.0909 e. The van der Waals surface area contributed by atoms with Gasteiger partial charge in [0.15, 0.2) is 0 Å². The number of rotatable bonds is 1. The Bertz CT molecular complexity index is 191. The van der Waals surface area contributed by atoms with E-state index in [4.69, 9.17) is 5.11 Å². The van der Waals surface area contributed by atoms with Crippen molar-refractivity contribution in [3.05, 3.63) is 23.5 Å². The third-order valence-electron chi connectivity index (χ3n) is 1.30. The molecule has 2 N–H and O–H groups in total. The van der Waals surface area contributed by atoms with E-state index in [1.54, 1.807) is 6.92 Å². The summed E-state index contributed by atoms with van der Waals surface area (Å²) in [5, 5.41) is 9.01. The lowest BCUT2D eigenvalue weighted by Gasteiger charge is -1.96. The maximum Gasteiger partial charge on any atom is 0.0909 e. The number of aliphatic hydroxyl groups excluding tert-OH is 1. The van der Waals surface area contributed by atoms with Gasteiger partial charge in [0.05, 0.1) is 6.10 Å². The van der Waals surface area contributed by atoms with Crippen LogP contribution in [0.2, 0.25) is 0 Å². The number of aliphatic hydroxyl groups is 1. The highest BCUT2D eigenvalue weighted by molar-refractivity contribution is 5.15. The Hall–Kier alpha value is -0.760. The van der Waals surface area contributed by atoms with Crippen molar-refractivity contribution >= 4 is 0 Å². The van der Waals surface area contributed by atoms with E-state index in [-0.39, 0.29) is 6.10 Å². The van der Waals surface area contributed by atoms with Crippen molar-refractivity contribution in [1.29, 1.82) is 0 Å². The molecule has 1 unspecified atom stereocenters. The minimum Gasteiger partial charge on any atom is -0.387 e. The number of aromatic amines is 1. The molecule has 0 aliphatic rings. The first-order valence-electron chi connectivity index (χ1n) is 3.03. The van der Waals surface area contributed by atoms with Crippen LogP contribution in [0.3, 0.4) is 0 Å². The summed E-state index contributed by atoms with van der Waals surface area (Å²) >= 11 is 0. The Balaban J connectivity index is 2.85. The van der Waals surface area contributed by atoms with Gasteiger partial charge in [-0.3, -0.25) is 0 Å². The molecular weight excluding hydrogens is 114 g/mol. The summed E-state index contributed by atoms with van der Waals surface area (Å²) in [6.07, 6.45) is 1.50. The molecule has 1 rings (SSSR count). The minimum absolute atomic E-state index is 0.376. The van der Waals surface area contributed by atoms with Gasteiger partial charge in [0.1, 0.15) is 0 Å². The molecule has 9 heavy (non-hydrogen) atoms. The third kappa shape index (κ3) is 1.33. The molecule has 0 radical (unpaired) electrons. The number of hydrogen-bond donors (Lipinski definition) is 2. The predicted molar refractivity (Wildman–Crippen MR) is 36.2 cm³/mol. The Morgan fingerprint density at radius 2 is 2.33 bits per heavy atom. The molecular formula is C7H11NO. The molecule has 0 saturated carbocycles. The van der Waals surface area contributed by atoms with E-state index >= 15 is 0 Å². The van der Waals surface area contributed by atoms with E-state index in [0.29, 0.717) is 0 Å². The Kier molecular flexibility index (Phi) is 1.58. The molecule has 1 aromatic rings. The first-order chi connectivity index (χ1) is 4.20. The molecule has 1 atom stereocenters. The van der Waals surface area contributed by atoms with Gasteiger partial charge in [0, 0.05) is 11.9 Å². The summed E-state index contributed by atoms with van der Waals surface area (Å²) < 4.78 is 0. The zero-order valence-corrected chi connectivity index (χ0v) is 5.68. The van der Waals surface area contributed by atoms with Crippen molar-refractivity contribution in [3.8, 4) is 0 Å². The normalized spacial score (nSPS) is 13.7. The van der Waals surface area contributed by atoms with E-state index in [0.717, 1.165) is 11.3 Å². The number of aryl methyl sites for hydroxylation is 1. The first-order valence-corrected chi connectivity index (χ1v) is 3.03. The Labute approximate surface area is 54.5 Å². The van der Waals surface area contributed by atoms with Crippen molar-refractivity contribution in [1.82, 2.24) is 4.98 Å². The standard InChI is InChI=1S/C7H11NO/c1-5-3-7(6(2)9)8-4-5/h3-4,6,8-9H,1-2H3. The average Bonchev–Trinajstić information content (AvgIpc) is 2.14. The molecule has 2 nitrogen and oxygen atoms in total. The lowest BCUT2D eigenvalue weighted by atomic mass is 10.2. The highest BCUT2D eigenvalue weighted by atomic mass is 16.3. The van der Waals surface area contributed by atoms with Gasteiger partial charge in [-0.15, -0.1) is 0 Å². The maximum atomic E-state index is 9.01. The van der Waals surface area contributed by atoms with Crippen LogP contribution in [-0.4, -0.2) is 10.1 Å². The maximum absolute atomic E-state index is 9.01. The van der Waals surface area contributed by atoms with Gasteiger partial charge in [-0.2, -0.15) is 0 Å². The van der Waals surface area contributed by atoms with Crippen molar-refractivity contribution in [2.24, 2.45) is 0 Å². The molecule has 0 saturated heterocycles. The predicted octanol–water partition coefficient (Wildman–Crippen LogP) is 1.38. The van der Waals surface area contributed by atoms with Crippen molar-refractivity contribution in [2.75, 3.05) is 0 Å². The van der Waals surface area contributed by atoms with Crippen LogP contribution >= 0.6 is 0 Å². The third-order valence-corrected chi connectivity index (χ3v) is 1.30. The van der Waals surface area contributed by atoms with Gasteiger partial charge >= 0.3 is 0 Å². The summed E-state index contributed by atoms with van der Waals surface area (Å²) in [7, 11) is 0. The molecule has 0 bridgehead atoms. The van der Waals surface area contributed by atoms with Crippen LogP contribution in [0.4, 0.5) is 0 Å². The monoisotopic (exact) mass is 125 g/mol. The molecule has 50 valence electrons. The van der Waals surface area contributed by atoms with Crippen molar-refractivity contribution < 1.29 is 5.11 Å². The second kappa shape index (κ2) is 2.23. The first kappa shape index (κ1) is 6.36. The van der Waals surface area contributed by atoms with Crippen LogP contribution < -0.4 is 0 Å². The van der Waals surface area contributed by atoms with Crippen LogP contribution in [-0.2, 0) is 0 Å². The summed E-state index contributed by atoms with van der Waals surface area (Å²) in [5.41, 5.74) is 2.04. The van der Waals surface area contributed by atoms with Crippen LogP contribution in [0.15, 0.2) is 12.3 Å². The van der Waals surface area contributed by atoms with Crippen molar-refractivity contribution in [3.63, 3.8) is 0 Å². The van der Waals surface area contributed by atoms with E-state index < -0.39 is 0 Å². The van der Waals surface area contributed by atoms with Crippen LogP contribution in [0, 0.1) is 6.92 Å². The van der Waals surface area contributed by atoms with Crippen LogP contribution in [0.25, 0.3) is 0 Å². The van der Waals surface area contributed by atoms with E-state index in [9.17, 15) is 0 Å². The molecule has 0 aliphatic heterocycles. The minimum atomic E-state index is -0.376. The fraction of sp³-hybridized carbons (Fsp3) is 0.429. The lowest BCUT2D eigenvalue weighted by Crippen LogP contribution is -1.88. The fourth-order valence-electron chi connectivity index (χ4n) is 0.767. The molecule has 1 aromatic heterocycles. The highest BCUT2D eigenvalue weighted by Gasteiger charge is 1.99. The van der Waals surface area contributed by atoms with Crippen LogP contribution in [0.1, 0.15) is 24.3 Å². The van der Waals surface area contributed by atoms with Gasteiger partial charge in [0.2, 0.25) is 0 Å². The van der Waals surface area contributed by atoms with Gasteiger partial charge in [0.25, 0.3) is 0 Å². The molecule has 1 heterocycles. The summed E-state index contributed by atoms with van der Waals surface area (Å²) in [5.74, 6) is 0. The van der Waals surface area contributed by atoms with E-state index in [1.807, 2.05) is 19.2 Å². The molecule has 0 amide bonds. The van der Waals surface area contributed by atoms with Gasteiger partial charge in [-0.1, -0.05) is 0 Å². The summed E-state index contributed by atoms with van der Waals surface area (Å²) in [6, 6.07) is 1.94. The zero-order valence-electron chi connectivity index (χ0n) is 5.68. The topological polar surface area (TPSA) is 36.0 Å². The quantitative estimate of drug-likeness (QED) is 0.584. The van der Waals surface area contributed by atoms with Gasteiger partial charge < -0.3 is 10.1 Å². The van der Waals surface area contributed by atoms with Crippen LogP contribution in [0.5, 0.6) is 0 Å². The fourth-order valence-corrected chi connectivity index (χ4v) is 0.767. The zero-order chi connectivity index (χ0) is 6.85. The number of nitrogens with one attached hydrogen (secondary N) is 1. The number of H-pyrrole nitrogens is 1. The largest absolute Gasteiger partial charge is 0.387 e. The van der Waals surface area contributed by atoms with E-state index in [1.165, 1.54) is 0 Å². The second-order valence-electron chi connectivity index (χ2n) is 2.31. The average molecular weight is 125 g/mol. The highest BCUT2D eigenvalue weighted by Crippen LogP contribution is 2.10. The number of hydrogen-bond acceptors (Lipinski definition) is 1. The molecule has 0 spiro atoms. The van der Waals surface area contributed by atoms with Crippen molar-refractivity contribution in [2.45, 2.75) is 20.0 Å². The summed E-state index contributed by atoms with van der Waals surface area (Å²) in [6.45, 7) is 3.73. The summed E-state index contributed by atoms with van der Waals surface area (Å²) in [4.78, 5) is 2.95. The Morgan fingerprint density at radius 3 is 2.56 bits per heavy atom. The van der Waals surface area contributed by atoms with E-state index in [2.05, 4.69) is 4.98 Å². The molecule has 2 heteroatoms. The van der Waals surface area contributed by atoms with Gasteiger partial charge in [-0.05, 0) is 25.5 Å². The second-order valence-corrected chi connectivity index (χ2v) is 2.31. The molecule has 0 aliphatic carbocycles. The SMILES string of the molecule is Cc1c[nH]c(C(C)O)c1.